The van der Waals surface area contributed by atoms with Gasteiger partial charge >= 0.3 is 0 Å². The Morgan fingerprint density at radius 3 is 2.83 bits per heavy atom. The Morgan fingerprint density at radius 2 is 2.13 bits per heavy atom. The molecule has 1 aliphatic rings. The summed E-state index contributed by atoms with van der Waals surface area (Å²) in [6.45, 7) is 0.382. The number of alkyl halides is 2. The quantitative estimate of drug-likeness (QED) is 0.203. The summed E-state index contributed by atoms with van der Waals surface area (Å²) in [6, 6.07) is 5.61. The second-order valence-corrected chi connectivity index (χ2v) is 7.25. The molecule has 0 radical (unpaired) electrons. The second kappa shape index (κ2) is 8.00. The van der Waals surface area contributed by atoms with Crippen LogP contribution in [0.25, 0.3) is 11.2 Å². The fourth-order valence-corrected chi connectivity index (χ4v) is 3.33. The highest BCUT2D eigenvalue weighted by molar-refractivity contribution is 6.31. The third-order valence-corrected chi connectivity index (χ3v) is 4.85. The lowest BCUT2D eigenvalue weighted by Gasteiger charge is -2.38. The van der Waals surface area contributed by atoms with Crippen LogP contribution in [0.15, 0.2) is 35.6 Å². The van der Waals surface area contributed by atoms with Crippen LogP contribution < -0.4 is 10.6 Å². The molecule has 0 saturated carbocycles. The number of halogens is 4. The van der Waals surface area contributed by atoms with Gasteiger partial charge in [0.1, 0.15) is 5.82 Å². The van der Waals surface area contributed by atoms with Crippen molar-refractivity contribution in [2.75, 3.05) is 36.8 Å². The molecule has 3 aromatic rings. The minimum Gasteiger partial charge on any atom is -0.409 e. The summed E-state index contributed by atoms with van der Waals surface area (Å²) >= 11 is 5.79. The maximum Gasteiger partial charge on any atom is 0.272 e. The SMILES string of the molecule is O/N=C(\Nc1ccc(F)c(Cl)c1)c1ccnc2nc(NCCN3CC(F)(F)C3)[nH]c12. The molecule has 1 aliphatic heterocycles. The van der Waals surface area contributed by atoms with E-state index in [0.717, 1.165) is 0 Å². The van der Waals surface area contributed by atoms with E-state index in [1.807, 2.05) is 0 Å². The number of nitrogens with one attached hydrogen (secondary N) is 3. The highest BCUT2D eigenvalue weighted by Gasteiger charge is 2.43. The van der Waals surface area contributed by atoms with Gasteiger partial charge in [-0.1, -0.05) is 16.8 Å². The van der Waals surface area contributed by atoms with Crippen LogP contribution in [-0.2, 0) is 0 Å². The largest absolute Gasteiger partial charge is 0.409 e. The van der Waals surface area contributed by atoms with E-state index >= 15 is 0 Å². The molecule has 8 nitrogen and oxygen atoms in total. The number of amidine groups is 1. The lowest BCUT2D eigenvalue weighted by molar-refractivity contribution is -0.128. The van der Waals surface area contributed by atoms with Crippen molar-refractivity contribution in [3.8, 4) is 0 Å². The van der Waals surface area contributed by atoms with E-state index in [2.05, 4.69) is 30.7 Å². The number of H-pyrrole nitrogens is 1. The summed E-state index contributed by atoms with van der Waals surface area (Å²) in [5.41, 5.74) is 1.74. The number of aromatic amines is 1. The zero-order valence-electron chi connectivity index (χ0n) is 15.5. The molecule has 0 aliphatic carbocycles. The summed E-state index contributed by atoms with van der Waals surface area (Å²) < 4.78 is 39.1. The Bertz CT molecular complexity index is 1100. The minimum absolute atomic E-state index is 0.0723. The van der Waals surface area contributed by atoms with Crippen LogP contribution in [0, 0.1) is 5.82 Å². The van der Waals surface area contributed by atoms with E-state index in [-0.39, 0.29) is 23.9 Å². The number of hydrogen-bond donors (Lipinski definition) is 4. The molecular weight excluding hydrogens is 423 g/mol. The number of imidazole rings is 1. The van der Waals surface area contributed by atoms with Crippen molar-refractivity contribution in [2.45, 2.75) is 5.92 Å². The lowest BCUT2D eigenvalue weighted by Crippen LogP contribution is -2.57. The Labute approximate surface area is 173 Å². The predicted molar refractivity (Wildman–Crippen MR) is 107 cm³/mol. The normalized spacial score (nSPS) is 16.5. The Morgan fingerprint density at radius 1 is 1.33 bits per heavy atom. The second-order valence-electron chi connectivity index (χ2n) is 6.84. The first-order valence-corrected chi connectivity index (χ1v) is 9.36. The van der Waals surface area contributed by atoms with Gasteiger partial charge in [-0.3, -0.25) is 4.90 Å². The number of oxime groups is 1. The maximum absolute atomic E-state index is 13.4. The van der Waals surface area contributed by atoms with Crippen LogP contribution in [0.1, 0.15) is 5.56 Å². The van der Waals surface area contributed by atoms with Crippen molar-refractivity contribution in [3.05, 3.63) is 46.9 Å². The molecule has 4 N–H and O–H groups in total. The molecule has 1 fully saturated rings. The van der Waals surface area contributed by atoms with E-state index < -0.39 is 11.7 Å². The number of fused-ring (bicyclic) bond motifs is 1. The van der Waals surface area contributed by atoms with E-state index in [0.29, 0.717) is 41.5 Å². The monoisotopic (exact) mass is 439 g/mol. The standard InChI is InChI=1S/C18H17ClF3N7O/c19-12-7-10(1-2-13(12)20)25-15(28-30)11-3-4-23-16-14(11)26-17(27-16)24-5-6-29-8-18(21,22)9-29/h1-4,7,30H,5-6,8-9H2,(H,25,28)(H2,23,24,26,27). The molecule has 30 heavy (non-hydrogen) atoms. The average molecular weight is 440 g/mol. The number of aromatic nitrogens is 3. The van der Waals surface area contributed by atoms with Gasteiger partial charge in [-0.15, -0.1) is 0 Å². The molecule has 1 saturated heterocycles. The van der Waals surface area contributed by atoms with E-state index in [4.69, 9.17) is 11.6 Å². The number of hydrogen-bond acceptors (Lipinski definition) is 6. The van der Waals surface area contributed by atoms with Crippen molar-refractivity contribution in [1.82, 2.24) is 19.9 Å². The van der Waals surface area contributed by atoms with E-state index in [1.54, 1.807) is 11.0 Å². The maximum atomic E-state index is 13.4. The number of benzene rings is 1. The van der Waals surface area contributed by atoms with Crippen molar-refractivity contribution in [1.29, 1.82) is 0 Å². The molecule has 4 rings (SSSR count). The van der Waals surface area contributed by atoms with Gasteiger partial charge in [0.25, 0.3) is 5.92 Å². The summed E-state index contributed by atoms with van der Waals surface area (Å²) in [5, 5.41) is 18.6. The highest BCUT2D eigenvalue weighted by Crippen LogP contribution is 2.26. The zero-order valence-corrected chi connectivity index (χ0v) is 16.2. The molecule has 158 valence electrons. The van der Waals surface area contributed by atoms with Crippen LogP contribution in [0.3, 0.4) is 0 Å². The van der Waals surface area contributed by atoms with Gasteiger partial charge in [-0.05, 0) is 24.3 Å². The molecule has 2 aromatic heterocycles. The lowest BCUT2D eigenvalue weighted by atomic mass is 10.1. The summed E-state index contributed by atoms with van der Waals surface area (Å²) in [4.78, 5) is 13.2. The van der Waals surface area contributed by atoms with Gasteiger partial charge in [0.05, 0.1) is 23.6 Å². The van der Waals surface area contributed by atoms with Crippen LogP contribution >= 0.6 is 11.6 Å². The minimum atomic E-state index is -2.60. The van der Waals surface area contributed by atoms with Crippen LogP contribution in [-0.4, -0.2) is 63.0 Å². The number of likely N-dealkylation sites (tertiary alicyclic amines) is 1. The smallest absolute Gasteiger partial charge is 0.272 e. The van der Waals surface area contributed by atoms with Crippen LogP contribution in [0.2, 0.25) is 5.02 Å². The summed E-state index contributed by atoms with van der Waals surface area (Å²) in [5.74, 6) is -2.69. The summed E-state index contributed by atoms with van der Waals surface area (Å²) in [6.07, 6.45) is 1.49. The molecule has 0 bridgehead atoms. The third-order valence-electron chi connectivity index (χ3n) is 4.56. The average Bonchev–Trinajstić information content (AvgIpc) is 3.10. The van der Waals surface area contributed by atoms with Crippen molar-refractivity contribution in [2.24, 2.45) is 5.16 Å². The van der Waals surface area contributed by atoms with Crippen molar-refractivity contribution >= 4 is 40.2 Å². The molecule has 0 spiro atoms. The Balaban J connectivity index is 1.48. The molecule has 0 unspecified atom stereocenters. The predicted octanol–water partition coefficient (Wildman–Crippen LogP) is 3.36. The molecule has 0 amide bonds. The van der Waals surface area contributed by atoms with Crippen molar-refractivity contribution in [3.63, 3.8) is 0 Å². The molecule has 12 heteroatoms. The van der Waals surface area contributed by atoms with Gasteiger partial charge in [0, 0.05) is 30.5 Å². The topological polar surface area (TPSA) is 101 Å². The third kappa shape index (κ3) is 4.26. The fourth-order valence-electron chi connectivity index (χ4n) is 3.15. The van der Waals surface area contributed by atoms with Gasteiger partial charge in [0.2, 0.25) is 5.95 Å². The van der Waals surface area contributed by atoms with Crippen molar-refractivity contribution < 1.29 is 18.4 Å². The fraction of sp³-hybridized carbons (Fsp3) is 0.278. The number of rotatable bonds is 6. The first-order chi connectivity index (χ1) is 14.3. The van der Waals surface area contributed by atoms with Gasteiger partial charge in [-0.25, -0.2) is 18.2 Å². The Kier molecular flexibility index (Phi) is 5.39. The van der Waals surface area contributed by atoms with Crippen LogP contribution in [0.4, 0.5) is 24.8 Å². The van der Waals surface area contributed by atoms with E-state index in [1.165, 1.54) is 24.4 Å². The van der Waals surface area contributed by atoms with E-state index in [9.17, 15) is 18.4 Å². The van der Waals surface area contributed by atoms with Gasteiger partial charge < -0.3 is 20.8 Å². The zero-order chi connectivity index (χ0) is 21.3. The van der Waals surface area contributed by atoms with Crippen LogP contribution in [0.5, 0.6) is 0 Å². The number of anilines is 2. The Hall–Kier alpha value is -3.05. The highest BCUT2D eigenvalue weighted by atomic mass is 35.5. The first-order valence-electron chi connectivity index (χ1n) is 8.98. The summed E-state index contributed by atoms with van der Waals surface area (Å²) in [7, 11) is 0. The first kappa shape index (κ1) is 20.2. The number of pyridine rings is 1. The molecule has 1 aromatic carbocycles. The number of nitrogens with zero attached hydrogens (tertiary/aromatic N) is 4. The molecule has 3 heterocycles. The molecular formula is C18H17ClF3N7O. The van der Waals surface area contributed by atoms with Gasteiger partial charge in [0.15, 0.2) is 11.5 Å². The van der Waals surface area contributed by atoms with Gasteiger partial charge in [-0.2, -0.15) is 4.98 Å². The molecule has 0 atom stereocenters.